The Hall–Kier alpha value is -0.910. The molecule has 0 atom stereocenters. The molecule has 1 aromatic rings. The van der Waals surface area contributed by atoms with Gasteiger partial charge in [0.25, 0.3) is 5.91 Å². The summed E-state index contributed by atoms with van der Waals surface area (Å²) in [5.41, 5.74) is 0. The van der Waals surface area contributed by atoms with Gasteiger partial charge in [0.2, 0.25) is 0 Å². The fourth-order valence-electron chi connectivity index (χ4n) is 0.675. The first-order chi connectivity index (χ1) is 5.99. The van der Waals surface area contributed by atoms with Crippen molar-refractivity contribution in [2.24, 2.45) is 0 Å². The molecule has 0 aromatic carbocycles. The average molecular weight is 254 g/mol. The topological polar surface area (TPSA) is 42.2 Å². The Bertz CT molecular complexity index is 281. The van der Waals surface area contributed by atoms with Crippen LogP contribution in [0.25, 0.3) is 0 Å². The van der Waals surface area contributed by atoms with Gasteiger partial charge in [0.05, 0.1) is 12.8 Å². The van der Waals surface area contributed by atoms with E-state index in [0.29, 0.717) is 0 Å². The molecule has 0 aliphatic heterocycles. The molecular formula is C7H6BrF2NO2. The second-order valence-electron chi connectivity index (χ2n) is 2.28. The summed E-state index contributed by atoms with van der Waals surface area (Å²) < 4.78 is 29.1. The van der Waals surface area contributed by atoms with Crippen LogP contribution in [0.2, 0.25) is 0 Å². The van der Waals surface area contributed by atoms with E-state index in [-0.39, 0.29) is 5.76 Å². The number of hydrogen-bond acceptors (Lipinski definition) is 2. The number of amides is 1. The van der Waals surface area contributed by atoms with Gasteiger partial charge in [0.1, 0.15) is 0 Å². The van der Waals surface area contributed by atoms with E-state index in [1.54, 1.807) is 0 Å². The zero-order valence-corrected chi connectivity index (χ0v) is 7.98. The molecule has 0 saturated carbocycles. The summed E-state index contributed by atoms with van der Waals surface area (Å²) in [5, 5.41) is 2.00. The van der Waals surface area contributed by atoms with E-state index in [2.05, 4.69) is 20.3 Å². The molecule has 0 spiro atoms. The van der Waals surface area contributed by atoms with Crippen molar-refractivity contribution in [2.75, 3.05) is 6.54 Å². The first kappa shape index (κ1) is 10.2. The average Bonchev–Trinajstić information content (AvgIpc) is 2.50. The van der Waals surface area contributed by atoms with Gasteiger partial charge in [-0.3, -0.25) is 4.79 Å². The molecule has 1 heterocycles. The van der Waals surface area contributed by atoms with Crippen molar-refractivity contribution in [3.63, 3.8) is 0 Å². The third-order valence-electron chi connectivity index (χ3n) is 1.19. The van der Waals surface area contributed by atoms with Crippen molar-refractivity contribution >= 4 is 21.8 Å². The van der Waals surface area contributed by atoms with Gasteiger partial charge >= 0.3 is 4.83 Å². The Balaban J connectivity index is 2.44. The second-order valence-corrected chi connectivity index (χ2v) is 3.44. The maximum absolute atomic E-state index is 12.2. The Morgan fingerprint density at radius 1 is 1.69 bits per heavy atom. The predicted molar refractivity (Wildman–Crippen MR) is 44.9 cm³/mol. The predicted octanol–water partition coefficient (Wildman–Crippen LogP) is 2.00. The van der Waals surface area contributed by atoms with E-state index >= 15 is 0 Å². The van der Waals surface area contributed by atoms with E-state index in [9.17, 15) is 13.6 Å². The molecule has 6 heteroatoms. The van der Waals surface area contributed by atoms with Crippen LogP contribution in [0.15, 0.2) is 22.8 Å². The molecule has 0 aliphatic carbocycles. The van der Waals surface area contributed by atoms with Gasteiger partial charge in [-0.25, -0.2) is 0 Å². The molecule has 3 nitrogen and oxygen atoms in total. The van der Waals surface area contributed by atoms with Crippen LogP contribution >= 0.6 is 15.9 Å². The fraction of sp³-hybridized carbons (Fsp3) is 0.286. The van der Waals surface area contributed by atoms with Gasteiger partial charge in [-0.05, 0) is 28.1 Å². The molecule has 1 aromatic heterocycles. The Morgan fingerprint density at radius 3 is 2.85 bits per heavy atom. The van der Waals surface area contributed by atoms with Crippen LogP contribution in [0.1, 0.15) is 10.6 Å². The number of hydrogen-bond donors (Lipinski definition) is 1. The lowest BCUT2D eigenvalue weighted by Gasteiger charge is -2.07. The van der Waals surface area contributed by atoms with Gasteiger partial charge < -0.3 is 9.73 Å². The Kier molecular flexibility index (Phi) is 3.02. The van der Waals surface area contributed by atoms with E-state index in [0.717, 1.165) is 0 Å². The minimum Gasteiger partial charge on any atom is -0.459 e. The molecule has 1 N–H and O–H groups in total. The summed E-state index contributed by atoms with van der Waals surface area (Å²) in [6, 6.07) is 2.89. The highest BCUT2D eigenvalue weighted by Crippen LogP contribution is 2.19. The van der Waals surface area contributed by atoms with Crippen LogP contribution in [0, 0.1) is 0 Å². The van der Waals surface area contributed by atoms with Gasteiger partial charge in [0.15, 0.2) is 5.76 Å². The Labute approximate surface area is 81.2 Å². The van der Waals surface area contributed by atoms with Crippen LogP contribution in [0.5, 0.6) is 0 Å². The molecule has 1 amide bonds. The first-order valence-electron chi connectivity index (χ1n) is 3.37. The zero-order chi connectivity index (χ0) is 9.90. The van der Waals surface area contributed by atoms with Crippen molar-refractivity contribution in [1.82, 2.24) is 5.32 Å². The first-order valence-corrected chi connectivity index (χ1v) is 4.17. The number of nitrogens with one attached hydrogen (secondary N) is 1. The molecule has 13 heavy (non-hydrogen) atoms. The van der Waals surface area contributed by atoms with Crippen molar-refractivity contribution in [3.8, 4) is 0 Å². The lowest BCUT2D eigenvalue weighted by Crippen LogP contribution is -2.32. The van der Waals surface area contributed by atoms with Crippen molar-refractivity contribution in [2.45, 2.75) is 4.83 Å². The number of rotatable bonds is 3. The lowest BCUT2D eigenvalue weighted by atomic mass is 10.4. The fourth-order valence-corrected chi connectivity index (χ4v) is 0.816. The third-order valence-corrected chi connectivity index (χ3v) is 1.47. The van der Waals surface area contributed by atoms with E-state index in [4.69, 9.17) is 0 Å². The molecule has 0 unspecified atom stereocenters. The summed E-state index contributed by atoms with van der Waals surface area (Å²) in [6.45, 7) is -0.771. The van der Waals surface area contributed by atoms with Gasteiger partial charge in [-0.1, -0.05) is 0 Å². The van der Waals surface area contributed by atoms with Gasteiger partial charge in [-0.15, -0.1) is 0 Å². The summed E-state index contributed by atoms with van der Waals surface area (Å²) in [7, 11) is 0. The smallest absolute Gasteiger partial charge is 0.318 e. The molecule has 0 bridgehead atoms. The van der Waals surface area contributed by atoms with E-state index in [1.165, 1.54) is 18.4 Å². The zero-order valence-electron chi connectivity index (χ0n) is 6.39. The summed E-state index contributed by atoms with van der Waals surface area (Å²) in [5.74, 6) is -0.652. The minimum atomic E-state index is -3.09. The van der Waals surface area contributed by atoms with Crippen LogP contribution in [0.4, 0.5) is 8.78 Å². The van der Waals surface area contributed by atoms with Crippen molar-refractivity contribution in [3.05, 3.63) is 24.2 Å². The molecule has 0 fully saturated rings. The van der Waals surface area contributed by atoms with Crippen LogP contribution in [-0.2, 0) is 0 Å². The van der Waals surface area contributed by atoms with Crippen molar-refractivity contribution in [1.29, 1.82) is 0 Å². The Morgan fingerprint density at radius 2 is 2.38 bits per heavy atom. The van der Waals surface area contributed by atoms with E-state index < -0.39 is 17.3 Å². The highest BCUT2D eigenvalue weighted by Gasteiger charge is 2.25. The summed E-state index contributed by atoms with van der Waals surface area (Å²) >= 11 is 2.09. The molecule has 0 saturated heterocycles. The SMILES string of the molecule is O=C(NCC(F)(F)Br)c1ccco1. The van der Waals surface area contributed by atoms with Crippen LogP contribution in [-0.4, -0.2) is 17.3 Å². The number of carbonyl (C=O) groups excluding carboxylic acids is 1. The maximum Gasteiger partial charge on any atom is 0.318 e. The van der Waals surface area contributed by atoms with Crippen molar-refractivity contribution < 1.29 is 18.0 Å². The lowest BCUT2D eigenvalue weighted by molar-refractivity contribution is 0.0812. The normalized spacial score (nSPS) is 11.3. The van der Waals surface area contributed by atoms with Gasteiger partial charge in [0, 0.05) is 0 Å². The standard InChI is InChI=1S/C7H6BrF2NO2/c8-7(9,10)4-11-6(12)5-2-1-3-13-5/h1-3H,4H2,(H,11,12). The summed E-state index contributed by atoms with van der Waals surface area (Å²) in [6.07, 6.45) is 1.29. The van der Waals surface area contributed by atoms with Crippen LogP contribution < -0.4 is 5.32 Å². The van der Waals surface area contributed by atoms with Crippen LogP contribution in [0.3, 0.4) is 0 Å². The number of alkyl halides is 3. The molecule has 1 rings (SSSR count). The molecule has 72 valence electrons. The number of carbonyl (C=O) groups is 1. The highest BCUT2D eigenvalue weighted by molar-refractivity contribution is 9.10. The molecular weight excluding hydrogens is 248 g/mol. The maximum atomic E-state index is 12.2. The quantitative estimate of drug-likeness (QED) is 0.838. The largest absolute Gasteiger partial charge is 0.459 e. The summed E-state index contributed by atoms with van der Waals surface area (Å²) in [4.78, 5) is 7.91. The monoisotopic (exact) mass is 253 g/mol. The highest BCUT2D eigenvalue weighted by atomic mass is 79.9. The van der Waals surface area contributed by atoms with Gasteiger partial charge in [-0.2, -0.15) is 8.78 Å². The third kappa shape index (κ3) is 3.54. The molecule has 0 radical (unpaired) electrons. The molecule has 0 aliphatic rings. The second kappa shape index (κ2) is 3.87. The number of furan rings is 1. The number of halogens is 3. The van der Waals surface area contributed by atoms with E-state index in [1.807, 2.05) is 5.32 Å². The minimum absolute atomic E-state index is 0.0109.